The molecule has 1 aromatic heterocycles. The molecule has 4 nitrogen and oxygen atoms in total. The summed E-state index contributed by atoms with van der Waals surface area (Å²) in [6, 6.07) is 13.8. The fraction of sp³-hybridized carbons (Fsp3) is 0.333. The summed E-state index contributed by atoms with van der Waals surface area (Å²) in [6.45, 7) is 2.58. The molecule has 0 spiro atoms. The molecule has 0 saturated carbocycles. The van der Waals surface area contributed by atoms with Crippen molar-refractivity contribution in [2.45, 2.75) is 18.9 Å². The normalized spacial score (nSPS) is 22.0. The third-order valence-corrected chi connectivity index (χ3v) is 5.94. The number of benzene rings is 1. The topological polar surface area (TPSA) is 37.3 Å². The van der Waals surface area contributed by atoms with Crippen LogP contribution in [-0.4, -0.2) is 27.7 Å². The van der Waals surface area contributed by atoms with E-state index in [2.05, 4.69) is 51.0 Å². The molecule has 124 valence electrons. The summed E-state index contributed by atoms with van der Waals surface area (Å²) in [5, 5.41) is 4.12. The molecule has 0 aliphatic carbocycles. The zero-order valence-corrected chi connectivity index (χ0v) is 16.1. The molecule has 2 unspecified atom stereocenters. The Morgan fingerprint density at radius 2 is 1.92 bits per heavy atom. The summed E-state index contributed by atoms with van der Waals surface area (Å²) < 4.78 is 3.16. The summed E-state index contributed by atoms with van der Waals surface area (Å²) in [5.74, 6) is 0.857. The predicted molar refractivity (Wildman–Crippen MR) is 109 cm³/mol. The van der Waals surface area contributed by atoms with E-state index in [1.807, 2.05) is 22.8 Å². The molecule has 2 aliphatic heterocycles. The average molecular weight is 451 g/mol. The molecule has 1 aromatic carbocycles. The number of rotatable bonds is 1. The van der Waals surface area contributed by atoms with Gasteiger partial charge in [0.15, 0.2) is 5.11 Å². The van der Waals surface area contributed by atoms with Crippen LogP contribution in [0.3, 0.4) is 0 Å². The number of hydrogen-bond acceptors (Lipinski definition) is 2. The molecule has 2 aromatic rings. The van der Waals surface area contributed by atoms with Crippen molar-refractivity contribution in [3.05, 3.63) is 62.1 Å². The van der Waals surface area contributed by atoms with Gasteiger partial charge in [-0.25, -0.2) is 0 Å². The first-order valence-electron chi connectivity index (χ1n) is 8.11. The fourth-order valence-electron chi connectivity index (χ4n) is 3.80. The quantitative estimate of drug-likeness (QED) is 0.534. The van der Waals surface area contributed by atoms with Crippen LogP contribution in [0.25, 0.3) is 0 Å². The van der Waals surface area contributed by atoms with E-state index in [4.69, 9.17) is 12.2 Å². The second kappa shape index (κ2) is 6.48. The van der Waals surface area contributed by atoms with E-state index in [0.717, 1.165) is 42.5 Å². The summed E-state index contributed by atoms with van der Waals surface area (Å²) in [6.07, 6.45) is 1.14. The first-order chi connectivity index (χ1) is 11.6. The smallest absolute Gasteiger partial charge is 0.250 e. The Kier molecular flexibility index (Phi) is 4.34. The van der Waals surface area contributed by atoms with Crippen LogP contribution in [0.2, 0.25) is 0 Å². The number of anilines is 1. The molecule has 1 N–H and O–H groups in total. The van der Waals surface area contributed by atoms with E-state index < -0.39 is 0 Å². The van der Waals surface area contributed by atoms with Crippen LogP contribution >= 0.6 is 34.8 Å². The van der Waals surface area contributed by atoms with Crippen molar-refractivity contribution in [3.63, 3.8) is 0 Å². The molecule has 1 fully saturated rings. The highest BCUT2D eigenvalue weighted by molar-refractivity contribution is 14.1. The second-order valence-electron chi connectivity index (χ2n) is 6.54. The minimum Gasteiger partial charge on any atom is -0.348 e. The van der Waals surface area contributed by atoms with Gasteiger partial charge in [-0.2, -0.15) is 0 Å². The average Bonchev–Trinajstić information content (AvgIpc) is 2.58. The van der Waals surface area contributed by atoms with Crippen LogP contribution in [0, 0.1) is 9.49 Å². The van der Waals surface area contributed by atoms with Gasteiger partial charge in [-0.1, -0.05) is 6.07 Å². The summed E-state index contributed by atoms with van der Waals surface area (Å²) >= 11 is 7.93. The van der Waals surface area contributed by atoms with Crippen LogP contribution in [0.15, 0.2) is 47.3 Å². The molecular weight excluding hydrogens is 433 g/mol. The summed E-state index contributed by atoms with van der Waals surface area (Å²) in [7, 11) is 0. The number of aromatic nitrogens is 1. The lowest BCUT2D eigenvalue weighted by Gasteiger charge is -2.43. The van der Waals surface area contributed by atoms with Gasteiger partial charge < -0.3 is 14.8 Å². The highest BCUT2D eigenvalue weighted by Gasteiger charge is 2.35. The molecule has 2 aliphatic rings. The number of pyridine rings is 1. The molecule has 3 heterocycles. The number of thiocarbonyl (C=S) groups is 1. The van der Waals surface area contributed by atoms with Gasteiger partial charge in [0.05, 0.1) is 0 Å². The van der Waals surface area contributed by atoms with Gasteiger partial charge in [-0.3, -0.25) is 4.79 Å². The number of piperidine rings is 1. The number of nitrogens with one attached hydrogen (secondary N) is 1. The lowest BCUT2D eigenvalue weighted by atomic mass is 9.83. The largest absolute Gasteiger partial charge is 0.348 e. The van der Waals surface area contributed by atoms with Gasteiger partial charge in [-0.05, 0) is 77.5 Å². The minimum absolute atomic E-state index is 0.121. The molecule has 4 rings (SSSR count). The molecule has 24 heavy (non-hydrogen) atoms. The molecular formula is C18H18IN3OS. The van der Waals surface area contributed by atoms with Crippen molar-refractivity contribution in [1.82, 2.24) is 9.47 Å². The Morgan fingerprint density at radius 1 is 1.12 bits per heavy atom. The summed E-state index contributed by atoms with van der Waals surface area (Å²) in [4.78, 5) is 14.3. The Bertz CT molecular complexity index is 833. The lowest BCUT2D eigenvalue weighted by molar-refractivity contribution is 0.180. The van der Waals surface area contributed by atoms with Gasteiger partial charge in [0.25, 0.3) is 5.56 Å². The third-order valence-electron chi connectivity index (χ3n) is 4.86. The van der Waals surface area contributed by atoms with Crippen LogP contribution in [0.5, 0.6) is 0 Å². The highest BCUT2D eigenvalue weighted by Crippen LogP contribution is 2.35. The van der Waals surface area contributed by atoms with E-state index >= 15 is 0 Å². The summed E-state index contributed by atoms with van der Waals surface area (Å²) in [5.41, 5.74) is 2.29. The second-order valence-corrected chi connectivity index (χ2v) is 8.17. The number of likely N-dealkylation sites (tertiary alicyclic amines) is 1. The lowest BCUT2D eigenvalue weighted by Crippen LogP contribution is -2.50. The standard InChI is InChI=1S/C18H18IN3OS/c19-14-4-6-15(7-5-14)20-18(24)21-9-12-8-13(11-21)16-2-1-3-17(23)22(16)10-12/h1-7,12-13H,8-11H2,(H,20,24). The van der Waals surface area contributed by atoms with E-state index in [1.165, 1.54) is 3.57 Å². The first kappa shape index (κ1) is 16.1. The molecule has 6 heteroatoms. The van der Waals surface area contributed by atoms with Crippen LogP contribution in [0.1, 0.15) is 18.0 Å². The van der Waals surface area contributed by atoms with Crippen molar-refractivity contribution in [2.75, 3.05) is 18.4 Å². The monoisotopic (exact) mass is 451 g/mol. The van der Waals surface area contributed by atoms with Crippen LogP contribution in [0.4, 0.5) is 5.69 Å². The van der Waals surface area contributed by atoms with Gasteiger partial charge in [0.2, 0.25) is 0 Å². The van der Waals surface area contributed by atoms with Crippen molar-refractivity contribution in [1.29, 1.82) is 0 Å². The molecule has 2 atom stereocenters. The van der Waals surface area contributed by atoms with E-state index in [-0.39, 0.29) is 5.56 Å². The Morgan fingerprint density at radius 3 is 2.71 bits per heavy atom. The first-order valence-corrected chi connectivity index (χ1v) is 9.60. The van der Waals surface area contributed by atoms with Crippen LogP contribution in [-0.2, 0) is 6.54 Å². The number of hydrogen-bond donors (Lipinski definition) is 1. The molecule has 1 saturated heterocycles. The molecule has 2 bridgehead atoms. The maximum Gasteiger partial charge on any atom is 0.250 e. The van der Waals surface area contributed by atoms with E-state index in [1.54, 1.807) is 6.07 Å². The highest BCUT2D eigenvalue weighted by atomic mass is 127. The van der Waals surface area contributed by atoms with Crippen molar-refractivity contribution >= 4 is 45.6 Å². The number of halogens is 1. The van der Waals surface area contributed by atoms with E-state index in [0.29, 0.717) is 11.8 Å². The van der Waals surface area contributed by atoms with Gasteiger partial charge in [-0.15, -0.1) is 0 Å². The maximum atomic E-state index is 12.1. The number of nitrogens with zero attached hydrogens (tertiary/aromatic N) is 2. The fourth-order valence-corrected chi connectivity index (χ4v) is 4.42. The van der Waals surface area contributed by atoms with Gasteiger partial charge >= 0.3 is 0 Å². The molecule has 0 amide bonds. The maximum absolute atomic E-state index is 12.1. The zero-order valence-electron chi connectivity index (χ0n) is 13.1. The predicted octanol–water partition coefficient (Wildman–Crippen LogP) is 3.27. The molecule has 0 radical (unpaired) electrons. The SMILES string of the molecule is O=c1cccc2n1CC1CC2CN(C(=S)Nc2ccc(I)cc2)C1. The van der Waals surface area contributed by atoms with Gasteiger partial charge in [0.1, 0.15) is 0 Å². The Hall–Kier alpha value is -1.41. The van der Waals surface area contributed by atoms with Crippen molar-refractivity contribution in [3.8, 4) is 0 Å². The van der Waals surface area contributed by atoms with Crippen molar-refractivity contribution in [2.24, 2.45) is 5.92 Å². The zero-order chi connectivity index (χ0) is 16.7. The van der Waals surface area contributed by atoms with Crippen molar-refractivity contribution < 1.29 is 0 Å². The van der Waals surface area contributed by atoms with Gasteiger partial charge in [0, 0.05) is 46.6 Å². The third kappa shape index (κ3) is 3.09. The Balaban J connectivity index is 1.52. The Labute approximate surface area is 160 Å². The minimum atomic E-state index is 0.121. The van der Waals surface area contributed by atoms with Crippen LogP contribution < -0.4 is 10.9 Å². The van der Waals surface area contributed by atoms with E-state index in [9.17, 15) is 4.79 Å². The number of fused-ring (bicyclic) bond motifs is 4.